The van der Waals surface area contributed by atoms with Crippen molar-refractivity contribution < 1.29 is 18.9 Å². The van der Waals surface area contributed by atoms with Gasteiger partial charge < -0.3 is 18.9 Å². The van der Waals surface area contributed by atoms with E-state index in [1.54, 1.807) is 0 Å². The van der Waals surface area contributed by atoms with Crippen LogP contribution in [0.4, 0.5) is 0 Å². The molecule has 328 valence electrons. The van der Waals surface area contributed by atoms with E-state index in [4.69, 9.17) is 18.9 Å². The van der Waals surface area contributed by atoms with Crippen molar-refractivity contribution in [1.29, 1.82) is 0 Å². The van der Waals surface area contributed by atoms with E-state index in [9.17, 15) is 0 Å². The highest BCUT2D eigenvalue weighted by molar-refractivity contribution is 5.70. The summed E-state index contributed by atoms with van der Waals surface area (Å²) in [4.78, 5) is 0. The normalized spacial score (nSPS) is 12.3. The van der Waals surface area contributed by atoms with Gasteiger partial charge in [0.25, 0.3) is 0 Å². The summed E-state index contributed by atoms with van der Waals surface area (Å²) in [6.07, 6.45) is 4.77. The molecule has 8 bridgehead atoms. The number of nitrogens with one attached hydrogen (secondary N) is 4. The van der Waals surface area contributed by atoms with Crippen LogP contribution in [0.3, 0.4) is 0 Å². The summed E-state index contributed by atoms with van der Waals surface area (Å²) in [5.74, 6) is 4.76. The van der Waals surface area contributed by atoms with Crippen LogP contribution >= 0.6 is 0 Å². The molecule has 0 radical (unpaired) electrons. The molecule has 4 aromatic carbocycles. The SMILES string of the molecule is CCCOc1c2cc(-c3nn[nH]n3)cc1Cc1cc(-c3nn[nH]n3)cc(c1OCCC)Cc1cc(-c3nn[nH]n3)cc(c1OCCC)Cc1cc(-c3nn[nH]n3)cc(c1OCCC)C2. The average molecular weight is 865 g/mol. The van der Waals surface area contributed by atoms with Crippen LogP contribution in [-0.2, 0) is 25.7 Å². The molecule has 64 heavy (non-hydrogen) atoms. The molecular formula is C44H48N16O4. The number of nitrogens with zero attached hydrogens (tertiary/aromatic N) is 12. The lowest BCUT2D eigenvalue weighted by Crippen LogP contribution is -2.11. The van der Waals surface area contributed by atoms with Crippen LogP contribution in [0.25, 0.3) is 45.6 Å². The summed E-state index contributed by atoms with van der Waals surface area (Å²) in [5.41, 5.74) is 10.2. The van der Waals surface area contributed by atoms with Gasteiger partial charge >= 0.3 is 0 Å². The predicted molar refractivity (Wildman–Crippen MR) is 233 cm³/mol. The van der Waals surface area contributed by atoms with Gasteiger partial charge in [0.15, 0.2) is 0 Å². The molecule has 0 amide bonds. The highest BCUT2D eigenvalue weighted by Gasteiger charge is 2.27. The number of ether oxygens (including phenoxy) is 4. The van der Waals surface area contributed by atoms with Gasteiger partial charge in [-0.15, -0.1) is 40.8 Å². The van der Waals surface area contributed by atoms with Gasteiger partial charge in [-0.1, -0.05) is 27.7 Å². The second-order valence-corrected chi connectivity index (χ2v) is 15.5. The monoisotopic (exact) mass is 864 g/mol. The van der Waals surface area contributed by atoms with Crippen molar-refractivity contribution in [3.63, 3.8) is 0 Å². The number of hydrogen-bond donors (Lipinski definition) is 4. The predicted octanol–water partition coefficient (Wildman–Crippen LogP) is 6.24. The van der Waals surface area contributed by atoms with Crippen molar-refractivity contribution in [2.75, 3.05) is 26.4 Å². The van der Waals surface area contributed by atoms with Crippen molar-refractivity contribution in [3.05, 3.63) is 93.0 Å². The van der Waals surface area contributed by atoms with E-state index in [0.717, 1.165) is 115 Å². The largest absolute Gasteiger partial charge is 0.493 e. The Morgan fingerprint density at radius 3 is 0.703 bits per heavy atom. The van der Waals surface area contributed by atoms with E-state index in [0.29, 0.717) is 75.4 Å². The first kappa shape index (κ1) is 41.7. The van der Waals surface area contributed by atoms with Crippen molar-refractivity contribution in [2.24, 2.45) is 0 Å². The second-order valence-electron chi connectivity index (χ2n) is 15.5. The molecule has 9 rings (SSSR count). The van der Waals surface area contributed by atoms with Gasteiger partial charge in [0, 0.05) is 47.9 Å². The van der Waals surface area contributed by atoms with E-state index in [2.05, 4.69) is 159 Å². The van der Waals surface area contributed by atoms with Crippen molar-refractivity contribution in [2.45, 2.75) is 79.1 Å². The van der Waals surface area contributed by atoms with Crippen LogP contribution < -0.4 is 18.9 Å². The summed E-state index contributed by atoms with van der Waals surface area (Å²) in [7, 11) is 0. The molecule has 0 unspecified atom stereocenters. The van der Waals surface area contributed by atoms with Crippen LogP contribution in [0.5, 0.6) is 23.0 Å². The third-order valence-electron chi connectivity index (χ3n) is 10.7. The number of aromatic nitrogens is 16. The lowest BCUT2D eigenvalue weighted by atomic mass is 9.88. The fraction of sp³-hybridized carbons (Fsp3) is 0.364. The van der Waals surface area contributed by atoms with Gasteiger partial charge in [0.2, 0.25) is 23.3 Å². The molecule has 20 nitrogen and oxygen atoms in total. The first-order valence-corrected chi connectivity index (χ1v) is 21.6. The van der Waals surface area contributed by atoms with Gasteiger partial charge in [0.1, 0.15) is 23.0 Å². The van der Waals surface area contributed by atoms with Crippen molar-refractivity contribution in [1.82, 2.24) is 82.5 Å². The Hall–Kier alpha value is -7.64. The number of tetrazole rings is 4. The van der Waals surface area contributed by atoms with E-state index in [-0.39, 0.29) is 0 Å². The van der Waals surface area contributed by atoms with Crippen LogP contribution in [0.1, 0.15) is 97.9 Å². The second kappa shape index (κ2) is 19.2. The Balaban J connectivity index is 1.38. The van der Waals surface area contributed by atoms with E-state index < -0.39 is 0 Å². The maximum Gasteiger partial charge on any atom is 0.204 e. The van der Waals surface area contributed by atoms with E-state index in [1.165, 1.54) is 0 Å². The summed E-state index contributed by atoms with van der Waals surface area (Å²) < 4.78 is 27.2. The lowest BCUT2D eigenvalue weighted by molar-refractivity contribution is 0.304. The van der Waals surface area contributed by atoms with Crippen LogP contribution in [0.15, 0.2) is 48.5 Å². The molecule has 4 heterocycles. The Morgan fingerprint density at radius 1 is 0.344 bits per heavy atom. The molecule has 20 heteroatoms. The van der Waals surface area contributed by atoms with E-state index in [1.807, 2.05) is 0 Å². The maximum atomic E-state index is 6.80. The molecule has 0 atom stereocenters. The minimum Gasteiger partial charge on any atom is -0.493 e. The summed E-state index contributed by atoms with van der Waals surface area (Å²) in [5, 5.41) is 61.5. The number of H-pyrrole nitrogens is 4. The fourth-order valence-corrected chi connectivity index (χ4v) is 8.10. The van der Waals surface area contributed by atoms with Crippen LogP contribution in [0.2, 0.25) is 0 Å². The zero-order valence-electron chi connectivity index (χ0n) is 36.1. The number of rotatable bonds is 16. The molecule has 1 aliphatic rings. The first-order chi connectivity index (χ1) is 31.5. The standard InChI is InChI=1S/C44H48N16O4/c1-5-9-61-37-25-13-27-19-34(42-47-55-56-48-42)21-29(38(27)62-10-6-2)15-31-23-36(44-51-59-60-52-44)24-32(40(31)64-12-8-4)16-30-22-35(43-49-57-58-50-43)20-28(39(30)63-11-7-3)14-26(37)18-33(17-25)41-45-53-54-46-41/h17-24H,5-16H2,1-4H3,(H,45,46,53,54)(H,47,48,55,56)(H,49,50,57,58)(H,51,52,59,60). The molecule has 0 aliphatic heterocycles. The van der Waals surface area contributed by atoms with Gasteiger partial charge in [-0.25, -0.2) is 0 Å². The number of benzene rings is 4. The van der Waals surface area contributed by atoms with Crippen LogP contribution in [0, 0.1) is 0 Å². The Kier molecular flexibility index (Phi) is 12.5. The fourth-order valence-electron chi connectivity index (χ4n) is 8.10. The Morgan fingerprint density at radius 2 is 0.547 bits per heavy atom. The van der Waals surface area contributed by atoms with Gasteiger partial charge in [-0.05, 0) is 140 Å². The van der Waals surface area contributed by atoms with Crippen molar-refractivity contribution >= 4 is 0 Å². The number of aromatic amines is 4. The minimum atomic E-state index is 0.399. The minimum absolute atomic E-state index is 0.399. The molecular weight excluding hydrogens is 817 g/mol. The van der Waals surface area contributed by atoms with Gasteiger partial charge in [-0.2, -0.15) is 20.9 Å². The molecule has 4 aromatic heterocycles. The molecule has 8 aromatic rings. The van der Waals surface area contributed by atoms with E-state index >= 15 is 0 Å². The summed E-state index contributed by atoms with van der Waals surface area (Å²) in [6.45, 7) is 10.3. The molecule has 0 fully saturated rings. The lowest BCUT2D eigenvalue weighted by Gasteiger charge is -2.24. The molecule has 1 aliphatic carbocycles. The van der Waals surface area contributed by atoms with Crippen molar-refractivity contribution in [3.8, 4) is 68.5 Å². The maximum absolute atomic E-state index is 6.80. The average Bonchev–Trinajstić information content (AvgIpc) is 4.17. The third-order valence-corrected chi connectivity index (χ3v) is 10.7. The van der Waals surface area contributed by atoms with Gasteiger partial charge in [0.05, 0.1) is 26.4 Å². The Bertz CT molecular complexity index is 2320. The smallest absolute Gasteiger partial charge is 0.204 e. The topological polar surface area (TPSA) is 255 Å². The molecule has 0 saturated heterocycles. The highest BCUT2D eigenvalue weighted by Crippen LogP contribution is 2.43. The van der Waals surface area contributed by atoms with Crippen LogP contribution in [-0.4, -0.2) is 109 Å². The molecule has 0 saturated carbocycles. The highest BCUT2D eigenvalue weighted by atomic mass is 16.5. The number of hydrogen-bond acceptors (Lipinski definition) is 16. The zero-order valence-corrected chi connectivity index (χ0v) is 36.1. The zero-order chi connectivity index (χ0) is 43.8. The summed E-state index contributed by atoms with van der Waals surface area (Å²) in [6, 6.07) is 16.6. The van der Waals surface area contributed by atoms with Gasteiger partial charge in [-0.3, -0.25) is 0 Å². The first-order valence-electron chi connectivity index (χ1n) is 21.6. The molecule has 4 N–H and O–H groups in total. The summed E-state index contributed by atoms with van der Waals surface area (Å²) >= 11 is 0. The third kappa shape index (κ3) is 8.83. The quantitative estimate of drug-likeness (QED) is 0.0838. The molecule has 0 spiro atoms. The number of fused-ring (bicyclic) bond motifs is 8. The Labute approximate surface area is 367 Å².